The number of rotatable bonds is 2. The summed E-state index contributed by atoms with van der Waals surface area (Å²) in [4.78, 5) is 20.1. The number of morpholine rings is 1. The Hall–Kier alpha value is -3.52. The van der Waals surface area contributed by atoms with Crippen LogP contribution in [0.1, 0.15) is 62.2 Å². The van der Waals surface area contributed by atoms with E-state index in [1.54, 1.807) is 0 Å². The second-order valence-electron chi connectivity index (χ2n) is 9.44. The Morgan fingerprint density at radius 1 is 1.20 bits per heavy atom. The predicted octanol–water partition coefficient (Wildman–Crippen LogP) is 4.82. The molecule has 2 aliphatic carbocycles. The Morgan fingerprint density at radius 3 is 2.91 bits per heavy atom. The number of aryl methyl sites for hydroxylation is 1. The smallest absolute Gasteiger partial charge is 0.238 e. The van der Waals surface area contributed by atoms with Crippen LogP contribution in [0.2, 0.25) is 0 Å². The number of benzene rings is 1. The van der Waals surface area contributed by atoms with Crippen molar-refractivity contribution < 1.29 is 6.16 Å². The van der Waals surface area contributed by atoms with E-state index in [4.69, 9.17) is 25.1 Å². The average Bonchev–Trinajstić information content (AvgIpc) is 3.66. The van der Waals surface area contributed by atoms with Gasteiger partial charge in [-0.05, 0) is 43.9 Å². The van der Waals surface area contributed by atoms with E-state index in [0.29, 0.717) is 38.2 Å². The van der Waals surface area contributed by atoms with Gasteiger partial charge >= 0.3 is 0 Å². The number of allylic oxidation sites excluding steroid dienone is 1. The summed E-state index contributed by atoms with van der Waals surface area (Å²) in [6.45, 7) is 2.56. The Labute approximate surface area is 206 Å². The van der Waals surface area contributed by atoms with Gasteiger partial charge in [-0.1, -0.05) is 31.1 Å². The maximum atomic E-state index is 8.78. The lowest BCUT2D eigenvalue weighted by Crippen LogP contribution is -2.40. The van der Waals surface area contributed by atoms with Gasteiger partial charge in [-0.2, -0.15) is 4.99 Å². The van der Waals surface area contributed by atoms with Gasteiger partial charge in [0, 0.05) is 49.3 Å². The Kier molecular flexibility index (Phi) is 6.04. The molecular formula is C27H33N7O. The quantitative estimate of drug-likeness (QED) is 0.414. The molecule has 8 nitrogen and oxygen atoms in total. The Balaban J connectivity index is 0.00000267. The number of aromatic amines is 1. The molecule has 3 aromatic rings. The number of fused-ring (bicyclic) bond motifs is 2. The zero-order chi connectivity index (χ0) is 23.6. The number of hydrogen-bond donors (Lipinski definition) is 2. The zero-order valence-electron chi connectivity index (χ0n) is 19.9. The van der Waals surface area contributed by atoms with Crippen molar-refractivity contribution in [1.82, 2.24) is 19.4 Å². The van der Waals surface area contributed by atoms with Gasteiger partial charge in [0.15, 0.2) is 0 Å². The number of aromatic nitrogens is 3. The minimum Gasteiger partial charge on any atom is -0.378 e. The molecule has 2 N–H and O–H groups in total. The number of imidazole rings is 1. The summed E-state index contributed by atoms with van der Waals surface area (Å²) < 4.78 is 7.61. The first-order chi connectivity index (χ1) is 17.3. The van der Waals surface area contributed by atoms with Gasteiger partial charge in [-0.25, -0.2) is 9.98 Å². The van der Waals surface area contributed by atoms with Gasteiger partial charge in [-0.3, -0.25) is 9.98 Å². The summed E-state index contributed by atoms with van der Waals surface area (Å²) >= 11 is 0. The maximum Gasteiger partial charge on any atom is 0.238 e. The normalized spacial score (nSPS) is 19.2. The van der Waals surface area contributed by atoms with Gasteiger partial charge in [0.25, 0.3) is 0 Å². The number of ether oxygens (including phenoxy) is 1. The topological polar surface area (TPSA) is 94.6 Å². The highest BCUT2D eigenvalue weighted by atomic mass is 16.5. The number of aliphatic imine (C=N–C) groups is 2. The number of nitrogens with one attached hydrogen (secondary N) is 2. The van der Waals surface area contributed by atoms with Crippen molar-refractivity contribution in [3.8, 4) is 0 Å². The van der Waals surface area contributed by atoms with Crippen LogP contribution in [-0.4, -0.2) is 63.9 Å². The van der Waals surface area contributed by atoms with Gasteiger partial charge in [-0.15, -0.1) is 0 Å². The van der Waals surface area contributed by atoms with E-state index < -0.39 is 0 Å². The highest BCUT2D eigenvalue weighted by Crippen LogP contribution is 2.36. The van der Waals surface area contributed by atoms with E-state index in [9.17, 15) is 0 Å². The molecule has 35 heavy (non-hydrogen) atoms. The van der Waals surface area contributed by atoms with Crippen molar-refractivity contribution in [3.63, 3.8) is 0 Å². The van der Waals surface area contributed by atoms with Crippen LogP contribution in [0.5, 0.6) is 0 Å². The van der Waals surface area contributed by atoms with Gasteiger partial charge in [0.2, 0.25) is 11.9 Å². The fourth-order valence-corrected chi connectivity index (χ4v) is 5.36. The molecule has 1 saturated carbocycles. The molecule has 0 amide bonds. The van der Waals surface area contributed by atoms with E-state index in [-0.39, 0.29) is 7.39 Å². The monoisotopic (exact) mass is 471 g/mol. The van der Waals surface area contributed by atoms with Crippen molar-refractivity contribution in [2.45, 2.75) is 44.4 Å². The fourth-order valence-electron chi connectivity index (χ4n) is 5.36. The van der Waals surface area contributed by atoms with Crippen LogP contribution >= 0.6 is 0 Å². The predicted molar refractivity (Wildman–Crippen MR) is 142 cm³/mol. The van der Waals surface area contributed by atoms with E-state index in [1.807, 2.05) is 23.4 Å². The third-order valence-corrected chi connectivity index (χ3v) is 7.22. The Morgan fingerprint density at radius 2 is 2.06 bits per heavy atom. The van der Waals surface area contributed by atoms with Crippen molar-refractivity contribution in [1.29, 1.82) is 5.41 Å². The van der Waals surface area contributed by atoms with E-state index in [0.717, 1.165) is 59.4 Å². The van der Waals surface area contributed by atoms with Crippen molar-refractivity contribution in [2.75, 3.05) is 26.3 Å². The summed E-state index contributed by atoms with van der Waals surface area (Å²) in [5, 5.41) is 9.89. The first-order valence-corrected chi connectivity index (χ1v) is 12.7. The fraction of sp³-hybridized carbons (Fsp3) is 0.407. The number of nitrogens with zero attached hydrogens (tertiary/aromatic N) is 5. The highest BCUT2D eigenvalue weighted by Gasteiger charge is 2.28. The van der Waals surface area contributed by atoms with Crippen LogP contribution in [-0.2, 0) is 11.2 Å². The van der Waals surface area contributed by atoms with Crippen LogP contribution in [0.15, 0.2) is 46.5 Å². The lowest BCUT2D eigenvalue weighted by Gasteiger charge is -2.27. The van der Waals surface area contributed by atoms with Crippen molar-refractivity contribution in [3.05, 3.63) is 59.3 Å². The molecule has 1 saturated heterocycles. The minimum absolute atomic E-state index is 0. The van der Waals surface area contributed by atoms with Crippen LogP contribution in [0.25, 0.3) is 17.0 Å². The molecule has 0 atom stereocenters. The van der Waals surface area contributed by atoms with Crippen LogP contribution in [0, 0.1) is 5.41 Å². The zero-order valence-corrected chi connectivity index (χ0v) is 19.9. The van der Waals surface area contributed by atoms with Crippen LogP contribution in [0.3, 0.4) is 0 Å². The first kappa shape index (κ1) is 22.0. The molecule has 0 unspecified atom stereocenters. The summed E-state index contributed by atoms with van der Waals surface area (Å²) in [5.41, 5.74) is 4.26. The first-order valence-electron chi connectivity index (χ1n) is 12.7. The largest absolute Gasteiger partial charge is 0.378 e. The molecule has 2 fully saturated rings. The molecule has 6 rings (SSSR count). The van der Waals surface area contributed by atoms with Crippen molar-refractivity contribution in [2.24, 2.45) is 9.98 Å². The van der Waals surface area contributed by atoms with Crippen LogP contribution < -0.4 is 0 Å². The van der Waals surface area contributed by atoms with Crippen LogP contribution in [0.4, 0.5) is 0 Å². The molecule has 2 aromatic heterocycles. The summed E-state index contributed by atoms with van der Waals surface area (Å²) in [5.74, 6) is 2.18. The van der Waals surface area contributed by atoms with E-state index in [1.165, 1.54) is 12.8 Å². The standard InChI is InChI=1S/C27H31N7O.H2/c28-26(33-14-16-35-17-15-33)32-27(30-18-20-8-5-10-22-21(20)12-13-29-22)34-24-11-4-3-9-23(24)31-25(34)19-6-1-2-7-19;/h4-5,8,10-13,18-19,28-29H,1-3,6-7,9,14-17H2;1H/b28-26?,30-18+,32-27+;. The molecule has 0 radical (unpaired) electrons. The number of H-pyrrole nitrogens is 1. The molecule has 0 bridgehead atoms. The van der Waals surface area contributed by atoms with Crippen molar-refractivity contribution >= 4 is 35.1 Å². The summed E-state index contributed by atoms with van der Waals surface area (Å²) in [6, 6.07) is 8.21. The number of hydrogen-bond acceptors (Lipinski definition) is 3. The molecule has 1 aliphatic heterocycles. The molecule has 3 aliphatic rings. The third kappa shape index (κ3) is 4.34. The SMILES string of the molecule is N=C(/N=C(\N=C\c1cccc2[nH]ccc12)n1c(C2CCCC2)nc2c1C=CCC2)N1CCOCC1.[HH]. The van der Waals surface area contributed by atoms with E-state index >= 15 is 0 Å². The third-order valence-electron chi connectivity index (χ3n) is 7.22. The minimum atomic E-state index is 0. The van der Waals surface area contributed by atoms with Gasteiger partial charge < -0.3 is 14.6 Å². The molecule has 182 valence electrons. The number of guanidine groups is 1. The highest BCUT2D eigenvalue weighted by molar-refractivity contribution is 6.05. The van der Waals surface area contributed by atoms with Gasteiger partial charge in [0.1, 0.15) is 5.82 Å². The van der Waals surface area contributed by atoms with Gasteiger partial charge in [0.05, 0.1) is 24.6 Å². The molecular weight excluding hydrogens is 438 g/mol. The molecule has 3 heterocycles. The second-order valence-corrected chi connectivity index (χ2v) is 9.44. The lowest BCUT2D eigenvalue weighted by molar-refractivity contribution is 0.0672. The Bertz CT molecular complexity index is 1320. The van der Waals surface area contributed by atoms with E-state index in [2.05, 4.69) is 39.9 Å². The summed E-state index contributed by atoms with van der Waals surface area (Å²) in [7, 11) is 0. The molecule has 8 heteroatoms. The maximum absolute atomic E-state index is 8.78. The average molecular weight is 472 g/mol. The molecule has 1 aromatic carbocycles. The molecule has 0 spiro atoms. The lowest BCUT2D eigenvalue weighted by atomic mass is 10.1. The summed E-state index contributed by atoms with van der Waals surface area (Å²) in [6.07, 6.45) is 14.8. The second kappa shape index (κ2) is 9.62.